The Balaban J connectivity index is 0.00000337. The normalized spacial score (nSPS) is 26.0. The number of likely N-dealkylation sites (N-methyl/N-ethyl adjacent to an activating group) is 1. The van der Waals surface area contributed by atoms with Gasteiger partial charge in [-0.25, -0.2) is 0 Å². The second-order valence-electron chi connectivity index (χ2n) is 12.3. The molecule has 215 valence electrons. The number of nitrogens with zero attached hydrogens (tertiary/aromatic N) is 3. The third kappa shape index (κ3) is 4.63. The largest absolute Gasteiger partial charge is 0.507 e. The Morgan fingerprint density at radius 1 is 1.10 bits per heavy atom. The molecule has 10 heteroatoms. The van der Waals surface area contributed by atoms with Crippen molar-refractivity contribution in [1.82, 2.24) is 15.1 Å². The zero-order valence-electron chi connectivity index (χ0n) is 24.6. The van der Waals surface area contributed by atoms with E-state index in [9.17, 15) is 20.3 Å². The number of piperazine rings is 1. The standard InChI is InChI=1S/C31H38N4O5.Ac/c1-14(2)7-24(36)33-12-23-26-19(28(37)17(5)30-31(26)40-13-39-30)10-21-27-25-18(8-15(3)16(4)29(25)38)9-20(34(27)6)22(11-32)35(21)23;/h8,14,20-23,27,37-38H,7,9-10,12-13H2,1-6H3,(H,33,36);/t20-,21?,22-,23-,27?;/m0./s1. The molecule has 9 nitrogen and oxygen atoms in total. The van der Waals surface area contributed by atoms with Crippen LogP contribution < -0.4 is 14.8 Å². The number of hydrogen-bond donors (Lipinski definition) is 3. The number of ether oxygens (including phenoxy) is 2. The van der Waals surface area contributed by atoms with E-state index in [0.29, 0.717) is 42.1 Å². The molecule has 2 aromatic rings. The van der Waals surface area contributed by atoms with Gasteiger partial charge < -0.3 is 25.0 Å². The van der Waals surface area contributed by atoms with Gasteiger partial charge in [-0.2, -0.15) is 5.26 Å². The molecule has 0 spiro atoms. The second-order valence-corrected chi connectivity index (χ2v) is 12.3. The van der Waals surface area contributed by atoms with Gasteiger partial charge in [-0.3, -0.25) is 14.6 Å². The molecule has 4 heterocycles. The molecule has 41 heavy (non-hydrogen) atoms. The summed E-state index contributed by atoms with van der Waals surface area (Å²) >= 11 is 0. The van der Waals surface area contributed by atoms with Gasteiger partial charge in [0, 0.05) is 91.4 Å². The number of nitriles is 1. The number of phenols is 2. The van der Waals surface area contributed by atoms with Crippen molar-refractivity contribution in [3.8, 4) is 29.1 Å². The molecule has 0 saturated carbocycles. The van der Waals surface area contributed by atoms with Crippen molar-refractivity contribution in [2.24, 2.45) is 5.92 Å². The molecule has 1 radical (unpaired) electrons. The molecule has 3 N–H and O–H groups in total. The first-order valence-electron chi connectivity index (χ1n) is 14.2. The van der Waals surface area contributed by atoms with Crippen LogP contribution in [0, 0.1) is 82.1 Å². The third-order valence-electron chi connectivity index (χ3n) is 9.55. The number of carbonyl (C=O) groups excluding carboxylic acids is 1. The molecule has 5 atom stereocenters. The summed E-state index contributed by atoms with van der Waals surface area (Å²) in [6, 6.07) is 3.31. The Labute approximate surface area is 277 Å². The molecular weight excluding hydrogens is 735 g/mol. The number of amides is 1. The first-order valence-corrected chi connectivity index (χ1v) is 14.2. The van der Waals surface area contributed by atoms with Crippen LogP contribution in [0.2, 0.25) is 0 Å². The van der Waals surface area contributed by atoms with Crippen molar-refractivity contribution in [2.45, 2.75) is 84.1 Å². The Morgan fingerprint density at radius 3 is 2.49 bits per heavy atom. The fourth-order valence-corrected chi connectivity index (χ4v) is 7.56. The van der Waals surface area contributed by atoms with Crippen molar-refractivity contribution >= 4 is 5.91 Å². The van der Waals surface area contributed by atoms with Crippen molar-refractivity contribution in [3.63, 3.8) is 0 Å². The molecule has 4 aliphatic rings. The first-order chi connectivity index (χ1) is 19.0. The van der Waals surface area contributed by atoms with Gasteiger partial charge in [0.1, 0.15) is 17.5 Å². The number of fused-ring (bicyclic) bond motifs is 9. The van der Waals surface area contributed by atoms with Gasteiger partial charge in [0.25, 0.3) is 0 Å². The SMILES string of the molecule is Cc1cc2c(c(O)c1C)C1C3Cc4c(O)c(C)c5c(c4[C@H](CNC(=O)CC(C)C)N3[C@@H](C#N)[C@H](C2)N1C)OCO5.[Ac]. The molecule has 0 aromatic heterocycles. The first kappa shape index (κ1) is 30.4. The summed E-state index contributed by atoms with van der Waals surface area (Å²) in [5.41, 5.74) is 6.03. The van der Waals surface area contributed by atoms with Gasteiger partial charge in [-0.05, 0) is 63.3 Å². The van der Waals surface area contributed by atoms with E-state index in [1.807, 2.05) is 41.7 Å². The average molecular weight is 774 g/mol. The molecule has 1 amide bonds. The Morgan fingerprint density at radius 2 is 1.80 bits per heavy atom. The second kappa shape index (κ2) is 11.2. The fourth-order valence-electron chi connectivity index (χ4n) is 7.56. The zero-order valence-corrected chi connectivity index (χ0v) is 29.4. The number of aromatic hydroxyl groups is 2. The molecule has 6 rings (SSSR count). The van der Waals surface area contributed by atoms with Crippen LogP contribution in [0.1, 0.15) is 71.3 Å². The van der Waals surface area contributed by atoms with Crippen LogP contribution >= 0.6 is 0 Å². The molecule has 0 aliphatic carbocycles. The van der Waals surface area contributed by atoms with Crippen molar-refractivity contribution in [1.29, 1.82) is 5.26 Å². The molecule has 1 fully saturated rings. The molecule has 2 aromatic carbocycles. The van der Waals surface area contributed by atoms with E-state index in [0.717, 1.165) is 33.4 Å². The number of benzene rings is 2. The summed E-state index contributed by atoms with van der Waals surface area (Å²) in [5.74, 6) is 1.73. The third-order valence-corrected chi connectivity index (χ3v) is 9.55. The quantitative estimate of drug-likeness (QED) is 0.431. The van der Waals surface area contributed by atoms with E-state index in [1.165, 1.54) is 0 Å². The number of rotatable bonds is 4. The summed E-state index contributed by atoms with van der Waals surface area (Å²) in [7, 11) is 2.04. The van der Waals surface area contributed by atoms with E-state index < -0.39 is 12.1 Å². The fraction of sp³-hybridized carbons (Fsp3) is 0.548. The van der Waals surface area contributed by atoms with E-state index >= 15 is 0 Å². The van der Waals surface area contributed by atoms with Crippen LogP contribution in [0.4, 0.5) is 0 Å². The Hall–Kier alpha value is -2.04. The van der Waals surface area contributed by atoms with Gasteiger partial charge in [0.2, 0.25) is 12.7 Å². The number of carbonyl (C=O) groups is 1. The molecular formula is C31H38AcN4O5. The maximum atomic E-state index is 12.9. The van der Waals surface area contributed by atoms with E-state index in [-0.39, 0.29) is 93.1 Å². The number of phenolic OH excluding ortho intramolecular Hbond substituents is 2. The van der Waals surface area contributed by atoms with Crippen molar-refractivity contribution in [3.05, 3.63) is 45.0 Å². The van der Waals surface area contributed by atoms with Gasteiger partial charge >= 0.3 is 0 Å². The van der Waals surface area contributed by atoms with E-state index in [1.54, 1.807) is 0 Å². The predicted octanol–water partition coefficient (Wildman–Crippen LogP) is 3.69. The van der Waals surface area contributed by atoms with Crippen LogP contribution in [0.15, 0.2) is 6.07 Å². The van der Waals surface area contributed by atoms with Crippen molar-refractivity contribution in [2.75, 3.05) is 20.4 Å². The van der Waals surface area contributed by atoms with Crippen LogP contribution in [0.3, 0.4) is 0 Å². The van der Waals surface area contributed by atoms with E-state index in [2.05, 4.69) is 27.3 Å². The maximum absolute atomic E-state index is 12.9. The summed E-state index contributed by atoms with van der Waals surface area (Å²) in [6.45, 7) is 10.1. The van der Waals surface area contributed by atoms with Gasteiger partial charge in [0.15, 0.2) is 11.5 Å². The number of aryl methyl sites for hydroxylation is 1. The van der Waals surface area contributed by atoms with Crippen LogP contribution in [0.5, 0.6) is 23.0 Å². The van der Waals surface area contributed by atoms with Gasteiger partial charge in [-0.15, -0.1) is 0 Å². The van der Waals surface area contributed by atoms with Crippen molar-refractivity contribution < 1.29 is 68.5 Å². The number of nitrogens with one attached hydrogen (secondary N) is 1. The van der Waals surface area contributed by atoms with Crippen LogP contribution in [-0.2, 0) is 17.6 Å². The predicted molar refractivity (Wildman–Crippen MR) is 148 cm³/mol. The molecule has 2 unspecified atom stereocenters. The average Bonchev–Trinajstić information content (AvgIpc) is 3.39. The summed E-state index contributed by atoms with van der Waals surface area (Å²) in [4.78, 5) is 17.3. The van der Waals surface area contributed by atoms with Crippen LogP contribution in [0.25, 0.3) is 0 Å². The van der Waals surface area contributed by atoms with E-state index in [4.69, 9.17) is 9.47 Å². The monoisotopic (exact) mass is 773 g/mol. The topological polar surface area (TPSA) is 118 Å². The van der Waals surface area contributed by atoms with Gasteiger partial charge in [-0.1, -0.05) is 19.9 Å². The summed E-state index contributed by atoms with van der Waals surface area (Å²) in [5, 5.41) is 36.7. The summed E-state index contributed by atoms with van der Waals surface area (Å²) < 4.78 is 11.8. The Bertz CT molecular complexity index is 1450. The maximum Gasteiger partial charge on any atom is 0.231 e. The molecule has 2 bridgehead atoms. The van der Waals surface area contributed by atoms with Gasteiger partial charge in [0.05, 0.1) is 18.2 Å². The minimum absolute atomic E-state index is 0. The molecule has 1 saturated heterocycles. The molecule has 4 aliphatic heterocycles. The minimum Gasteiger partial charge on any atom is -0.507 e. The zero-order chi connectivity index (χ0) is 28.6. The summed E-state index contributed by atoms with van der Waals surface area (Å²) in [6.07, 6.45) is 1.49. The number of hydrogen-bond acceptors (Lipinski definition) is 8. The minimum atomic E-state index is -0.482. The Kier molecular flexibility index (Phi) is 8.33. The smallest absolute Gasteiger partial charge is 0.231 e. The van der Waals surface area contributed by atoms with Crippen LogP contribution in [-0.4, -0.2) is 64.4 Å².